The van der Waals surface area contributed by atoms with Crippen LogP contribution in [0.2, 0.25) is 0 Å². The molecule has 3 aliphatic heterocycles. The molecule has 0 radical (unpaired) electrons. The van der Waals surface area contributed by atoms with E-state index in [9.17, 15) is 30.0 Å². The molecule has 18 atom stereocenters. The minimum atomic E-state index is -1.81. The second-order valence-electron chi connectivity index (χ2n) is 18.8. The summed E-state index contributed by atoms with van der Waals surface area (Å²) < 4.78 is 44.9. The highest BCUT2D eigenvalue weighted by molar-refractivity contribution is 5.73. The van der Waals surface area contributed by atoms with E-state index in [0.29, 0.717) is 32.5 Å². The number of hydrogen-bond donors (Lipinski definition) is 5. The molecule has 346 valence electrons. The maximum Gasteiger partial charge on any atom is 0.311 e. The lowest BCUT2D eigenvalue weighted by Crippen LogP contribution is -2.61. The van der Waals surface area contributed by atoms with Crippen LogP contribution in [0.1, 0.15) is 108 Å². The van der Waals surface area contributed by atoms with Crippen molar-refractivity contribution in [1.82, 2.24) is 15.1 Å². The molecule has 3 rings (SSSR count). The highest BCUT2D eigenvalue weighted by Gasteiger charge is 2.53. The minimum Gasteiger partial charge on any atom is -0.459 e. The maximum atomic E-state index is 14.4. The SMILES string of the molecule is CC[C@H]1OC(=O)[C@H](C)[C@@H](O[C@H]2C[C@@](C)(OC)[C@@H](OCCCNC(C)=O)[C@H](C)O2)[C@H](C)[C@@H](O[C@@H]2O[C@H](C)C[C@H](N(C)C)[C@H]2O)[C@](C)(O)C[C@@H](C)CN(C)[C@H](C)[C@@H](O)[C@]1(C)O. The lowest BCUT2D eigenvalue weighted by molar-refractivity contribution is -0.320. The average molecular weight is 848 g/mol. The maximum absolute atomic E-state index is 14.4. The standard InChI is InChI=1S/C43H81N3O13/c1-16-32-43(11,52)36(49)28(6)46(14)23-24(2)21-41(9,51)37(59-40-34(48)31(45(12)13)20-25(3)55-40)26(4)35(27(5)39(50)57-32)58-33-22-42(10,53-15)38(29(7)56-33)54-19-17-18-44-30(8)47/h24-29,31-38,40,48-49,51-52H,16-23H2,1-15H3,(H,44,47)/t24-,25-,26+,27-,28-,29+,31+,32-,33+,34-,35+,36-,37-,38+,40+,41-,42-,43-/m1/s1. The second kappa shape index (κ2) is 21.7. The number of ether oxygens (including phenoxy) is 7. The fourth-order valence-corrected chi connectivity index (χ4v) is 9.58. The first kappa shape index (κ1) is 51.8. The van der Waals surface area contributed by atoms with Gasteiger partial charge in [-0.1, -0.05) is 20.8 Å². The van der Waals surface area contributed by atoms with E-state index in [1.54, 1.807) is 27.9 Å². The number of hydrogen-bond acceptors (Lipinski definition) is 15. The van der Waals surface area contributed by atoms with Crippen molar-refractivity contribution in [2.24, 2.45) is 17.8 Å². The van der Waals surface area contributed by atoms with Gasteiger partial charge in [-0.05, 0) is 101 Å². The Kier molecular flexibility index (Phi) is 19.1. The lowest BCUT2D eigenvalue weighted by Gasteiger charge is -2.49. The zero-order valence-electron chi connectivity index (χ0n) is 38.7. The van der Waals surface area contributed by atoms with Crippen LogP contribution in [0.3, 0.4) is 0 Å². The van der Waals surface area contributed by atoms with Crippen molar-refractivity contribution in [2.45, 2.75) is 199 Å². The molecule has 0 aromatic heterocycles. The van der Waals surface area contributed by atoms with Gasteiger partial charge in [-0.3, -0.25) is 9.59 Å². The Morgan fingerprint density at radius 3 is 2.22 bits per heavy atom. The van der Waals surface area contributed by atoms with E-state index in [1.807, 2.05) is 72.5 Å². The molecule has 0 aliphatic carbocycles. The molecule has 0 bridgehead atoms. The molecule has 3 fully saturated rings. The van der Waals surface area contributed by atoms with Gasteiger partial charge in [-0.15, -0.1) is 0 Å². The number of aliphatic hydroxyl groups excluding tert-OH is 2. The van der Waals surface area contributed by atoms with Crippen LogP contribution in [-0.4, -0.2) is 180 Å². The van der Waals surface area contributed by atoms with E-state index in [0.717, 1.165) is 0 Å². The van der Waals surface area contributed by atoms with Gasteiger partial charge in [0.1, 0.15) is 30.0 Å². The number of carbonyl (C=O) groups is 2. The summed E-state index contributed by atoms with van der Waals surface area (Å²) in [5, 5.41) is 50.5. The first-order valence-corrected chi connectivity index (χ1v) is 21.7. The highest BCUT2D eigenvalue weighted by Crippen LogP contribution is 2.41. The molecule has 1 amide bonds. The number of methoxy groups -OCH3 is 1. The molecule has 59 heavy (non-hydrogen) atoms. The number of nitrogens with zero attached hydrogens (tertiary/aromatic N) is 2. The molecule has 0 saturated carbocycles. The number of amides is 1. The lowest BCUT2D eigenvalue weighted by atomic mass is 9.77. The van der Waals surface area contributed by atoms with Gasteiger partial charge < -0.3 is 68.7 Å². The third-order valence-corrected chi connectivity index (χ3v) is 13.2. The fraction of sp³-hybridized carbons (Fsp3) is 0.953. The summed E-state index contributed by atoms with van der Waals surface area (Å²) in [6.07, 6.45) is -6.98. The predicted octanol–water partition coefficient (Wildman–Crippen LogP) is 2.45. The summed E-state index contributed by atoms with van der Waals surface area (Å²) in [4.78, 5) is 29.6. The first-order chi connectivity index (χ1) is 27.3. The number of rotatable bonds is 12. The van der Waals surface area contributed by atoms with Crippen molar-refractivity contribution in [3.8, 4) is 0 Å². The van der Waals surface area contributed by atoms with Gasteiger partial charge in [0, 0.05) is 58.2 Å². The summed E-state index contributed by atoms with van der Waals surface area (Å²) >= 11 is 0. The average Bonchev–Trinajstić information content (AvgIpc) is 3.14. The van der Waals surface area contributed by atoms with E-state index in [-0.39, 0.29) is 43.2 Å². The van der Waals surface area contributed by atoms with Crippen molar-refractivity contribution in [2.75, 3.05) is 47.9 Å². The first-order valence-electron chi connectivity index (χ1n) is 21.7. The van der Waals surface area contributed by atoms with Crippen LogP contribution in [0.5, 0.6) is 0 Å². The number of nitrogens with one attached hydrogen (secondary N) is 1. The smallest absolute Gasteiger partial charge is 0.311 e. The topological polar surface area (TPSA) is 198 Å². The van der Waals surface area contributed by atoms with E-state index in [2.05, 4.69) is 5.32 Å². The zero-order valence-corrected chi connectivity index (χ0v) is 38.7. The van der Waals surface area contributed by atoms with Gasteiger partial charge in [0.05, 0.1) is 41.5 Å². The number of likely N-dealkylation sites (N-methyl/N-ethyl adjacent to an activating group) is 2. The molecule has 3 saturated heterocycles. The summed E-state index contributed by atoms with van der Waals surface area (Å²) in [5.74, 6) is -2.72. The van der Waals surface area contributed by atoms with Gasteiger partial charge >= 0.3 is 5.97 Å². The minimum absolute atomic E-state index is 0.115. The molecule has 3 heterocycles. The van der Waals surface area contributed by atoms with Crippen LogP contribution >= 0.6 is 0 Å². The highest BCUT2D eigenvalue weighted by atomic mass is 16.7. The van der Waals surface area contributed by atoms with E-state index < -0.39 is 96.0 Å². The molecule has 0 unspecified atom stereocenters. The fourth-order valence-electron chi connectivity index (χ4n) is 9.58. The van der Waals surface area contributed by atoms with Gasteiger partial charge in [-0.25, -0.2) is 0 Å². The second-order valence-corrected chi connectivity index (χ2v) is 18.8. The van der Waals surface area contributed by atoms with Crippen LogP contribution in [0.25, 0.3) is 0 Å². The van der Waals surface area contributed by atoms with Crippen molar-refractivity contribution in [1.29, 1.82) is 0 Å². The Hall–Kier alpha value is -1.54. The third-order valence-electron chi connectivity index (χ3n) is 13.2. The normalized spacial score (nSPS) is 45.0. The number of carbonyl (C=O) groups excluding carboxylic acids is 2. The van der Waals surface area contributed by atoms with E-state index in [4.69, 9.17) is 33.2 Å². The molecular weight excluding hydrogens is 766 g/mol. The quantitative estimate of drug-likeness (QED) is 0.142. The van der Waals surface area contributed by atoms with Crippen molar-refractivity contribution < 1.29 is 63.2 Å². The number of aliphatic hydroxyl groups is 4. The number of esters is 1. The zero-order chi connectivity index (χ0) is 44.8. The van der Waals surface area contributed by atoms with Gasteiger partial charge in [0.15, 0.2) is 12.6 Å². The summed E-state index contributed by atoms with van der Waals surface area (Å²) in [6.45, 7) is 20.7. The van der Waals surface area contributed by atoms with E-state index in [1.165, 1.54) is 13.8 Å². The van der Waals surface area contributed by atoms with Crippen LogP contribution in [0, 0.1) is 17.8 Å². The van der Waals surface area contributed by atoms with Gasteiger partial charge in [0.25, 0.3) is 0 Å². The monoisotopic (exact) mass is 848 g/mol. The molecule has 16 heteroatoms. The largest absolute Gasteiger partial charge is 0.459 e. The molecule has 0 aromatic carbocycles. The molecular formula is C43H81N3O13. The van der Waals surface area contributed by atoms with Gasteiger partial charge in [0.2, 0.25) is 5.91 Å². The molecule has 5 N–H and O–H groups in total. The molecule has 16 nitrogen and oxygen atoms in total. The van der Waals surface area contributed by atoms with Crippen LogP contribution in [-0.2, 0) is 42.7 Å². The van der Waals surface area contributed by atoms with E-state index >= 15 is 0 Å². The molecule has 0 aromatic rings. The molecule has 3 aliphatic rings. The summed E-state index contributed by atoms with van der Waals surface area (Å²) in [5.41, 5.74) is -4.27. The van der Waals surface area contributed by atoms with Crippen LogP contribution in [0.15, 0.2) is 0 Å². The Balaban J connectivity index is 2.12. The van der Waals surface area contributed by atoms with Crippen molar-refractivity contribution in [3.05, 3.63) is 0 Å². The summed E-state index contributed by atoms with van der Waals surface area (Å²) in [7, 11) is 7.22. The molecule has 0 spiro atoms. The van der Waals surface area contributed by atoms with Crippen molar-refractivity contribution >= 4 is 11.9 Å². The van der Waals surface area contributed by atoms with Crippen LogP contribution in [0.4, 0.5) is 0 Å². The third kappa shape index (κ3) is 13.0. The number of cyclic esters (lactones) is 1. The predicted molar refractivity (Wildman–Crippen MR) is 221 cm³/mol. The Morgan fingerprint density at radius 2 is 1.64 bits per heavy atom. The Bertz CT molecular complexity index is 1320. The van der Waals surface area contributed by atoms with Crippen LogP contribution < -0.4 is 5.32 Å². The van der Waals surface area contributed by atoms with Gasteiger partial charge in [-0.2, -0.15) is 0 Å². The summed E-state index contributed by atoms with van der Waals surface area (Å²) in [6, 6.07) is -0.827. The Labute approximate surface area is 353 Å². The Morgan fingerprint density at radius 1 is 1.00 bits per heavy atom. The van der Waals surface area contributed by atoms with Crippen molar-refractivity contribution in [3.63, 3.8) is 0 Å².